The molecule has 0 aliphatic carbocycles. The van der Waals surface area contributed by atoms with E-state index in [9.17, 15) is 9.59 Å². The summed E-state index contributed by atoms with van der Waals surface area (Å²) in [7, 11) is 0. The zero-order valence-electron chi connectivity index (χ0n) is 15.8. The predicted octanol–water partition coefficient (Wildman–Crippen LogP) is 4.49. The van der Waals surface area contributed by atoms with E-state index in [0.717, 1.165) is 5.56 Å². The summed E-state index contributed by atoms with van der Waals surface area (Å²) in [4.78, 5) is 27.2. The summed E-state index contributed by atoms with van der Waals surface area (Å²) < 4.78 is 15.9. The molecule has 146 valence electrons. The number of aromatic amines is 1. The Balaban J connectivity index is 1.92. The Morgan fingerprint density at radius 1 is 1.00 bits per heavy atom. The molecule has 0 saturated carbocycles. The molecule has 1 heterocycles. The van der Waals surface area contributed by atoms with Gasteiger partial charge in [0.25, 0.3) is 0 Å². The Morgan fingerprint density at radius 3 is 2.46 bits per heavy atom. The molecular weight excluding hydrogens is 360 g/mol. The second-order valence-electron chi connectivity index (χ2n) is 5.92. The Hall–Kier alpha value is -3.48. The number of esters is 1. The van der Waals surface area contributed by atoms with E-state index in [4.69, 9.17) is 14.2 Å². The normalized spacial score (nSPS) is 10.5. The number of anilines is 1. The highest BCUT2D eigenvalue weighted by molar-refractivity contribution is 6.10. The molecule has 0 atom stereocenters. The first-order valence-electron chi connectivity index (χ1n) is 9.05. The van der Waals surface area contributed by atoms with Gasteiger partial charge in [0.05, 0.1) is 18.9 Å². The van der Waals surface area contributed by atoms with Gasteiger partial charge in [-0.2, -0.15) is 0 Å². The van der Waals surface area contributed by atoms with Gasteiger partial charge in [-0.1, -0.05) is 30.3 Å². The van der Waals surface area contributed by atoms with Crippen molar-refractivity contribution in [3.05, 3.63) is 59.8 Å². The van der Waals surface area contributed by atoms with Crippen molar-refractivity contribution in [2.45, 2.75) is 20.5 Å². The van der Waals surface area contributed by atoms with Crippen LogP contribution in [0.4, 0.5) is 10.5 Å². The van der Waals surface area contributed by atoms with Crippen molar-refractivity contribution >= 4 is 28.7 Å². The SMILES string of the molecule is CCOC(=O)Nc1c(C(=O)OCC)[nH]c2ccc(OCc3ccccc3)cc12. The van der Waals surface area contributed by atoms with Gasteiger partial charge in [-0.05, 0) is 37.6 Å². The maximum atomic E-state index is 12.3. The maximum absolute atomic E-state index is 12.3. The standard InChI is InChI=1S/C21H22N2O5/c1-3-26-20(24)19-18(23-21(25)27-4-2)16-12-15(10-11-17(16)22-19)28-13-14-8-6-5-7-9-14/h5-12,22H,3-4,13H2,1-2H3,(H,23,25). The molecule has 0 fully saturated rings. The number of amides is 1. The predicted molar refractivity (Wildman–Crippen MR) is 106 cm³/mol. The first kappa shape index (κ1) is 19.3. The molecule has 0 radical (unpaired) electrons. The molecule has 3 rings (SSSR count). The highest BCUT2D eigenvalue weighted by Gasteiger charge is 2.21. The van der Waals surface area contributed by atoms with Gasteiger partial charge < -0.3 is 19.2 Å². The third-order valence-electron chi connectivity index (χ3n) is 4.00. The highest BCUT2D eigenvalue weighted by Crippen LogP contribution is 2.32. The van der Waals surface area contributed by atoms with Gasteiger partial charge in [-0.15, -0.1) is 0 Å². The van der Waals surface area contributed by atoms with E-state index < -0.39 is 12.1 Å². The lowest BCUT2D eigenvalue weighted by Gasteiger charge is -2.08. The lowest BCUT2D eigenvalue weighted by atomic mass is 10.2. The van der Waals surface area contributed by atoms with Crippen molar-refractivity contribution in [1.29, 1.82) is 0 Å². The molecule has 2 N–H and O–H groups in total. The van der Waals surface area contributed by atoms with Crippen LogP contribution in [-0.2, 0) is 16.1 Å². The molecule has 0 bridgehead atoms. The number of H-pyrrole nitrogens is 1. The number of rotatable bonds is 7. The number of nitrogens with one attached hydrogen (secondary N) is 2. The fourth-order valence-corrected chi connectivity index (χ4v) is 2.76. The van der Waals surface area contributed by atoms with Crippen molar-refractivity contribution in [3.8, 4) is 5.75 Å². The van der Waals surface area contributed by atoms with E-state index in [0.29, 0.717) is 28.9 Å². The fraction of sp³-hybridized carbons (Fsp3) is 0.238. The van der Waals surface area contributed by atoms with Gasteiger partial charge in [-0.3, -0.25) is 5.32 Å². The highest BCUT2D eigenvalue weighted by atomic mass is 16.5. The average Bonchev–Trinajstić information content (AvgIpc) is 3.05. The smallest absolute Gasteiger partial charge is 0.411 e. The molecule has 0 unspecified atom stereocenters. The number of ether oxygens (including phenoxy) is 3. The van der Waals surface area contributed by atoms with Crippen LogP contribution in [0.25, 0.3) is 10.9 Å². The Labute approximate surface area is 162 Å². The Morgan fingerprint density at radius 2 is 1.75 bits per heavy atom. The van der Waals surface area contributed by atoms with Gasteiger partial charge in [-0.25, -0.2) is 9.59 Å². The Bertz CT molecular complexity index is 966. The molecule has 7 nitrogen and oxygen atoms in total. The van der Waals surface area contributed by atoms with Crippen LogP contribution in [0.1, 0.15) is 29.9 Å². The number of hydrogen-bond acceptors (Lipinski definition) is 5. The van der Waals surface area contributed by atoms with E-state index in [1.54, 1.807) is 32.0 Å². The van der Waals surface area contributed by atoms with Crippen LogP contribution in [0.5, 0.6) is 5.75 Å². The van der Waals surface area contributed by atoms with Crippen molar-refractivity contribution in [2.24, 2.45) is 0 Å². The fourth-order valence-electron chi connectivity index (χ4n) is 2.76. The third kappa shape index (κ3) is 4.43. The minimum absolute atomic E-state index is 0.158. The second kappa shape index (κ2) is 8.94. The summed E-state index contributed by atoms with van der Waals surface area (Å²) in [5, 5.41) is 3.25. The number of fused-ring (bicyclic) bond motifs is 1. The quantitative estimate of drug-likeness (QED) is 0.588. The van der Waals surface area contributed by atoms with Crippen molar-refractivity contribution in [2.75, 3.05) is 18.5 Å². The number of carbonyl (C=O) groups is 2. The largest absolute Gasteiger partial charge is 0.489 e. The van der Waals surface area contributed by atoms with E-state index in [1.807, 2.05) is 30.3 Å². The van der Waals surface area contributed by atoms with Gasteiger partial charge in [0.15, 0.2) is 0 Å². The van der Waals surface area contributed by atoms with Gasteiger partial charge in [0, 0.05) is 10.9 Å². The first-order chi connectivity index (χ1) is 13.6. The number of hydrogen-bond donors (Lipinski definition) is 2. The molecule has 0 spiro atoms. The number of aromatic nitrogens is 1. The average molecular weight is 382 g/mol. The van der Waals surface area contributed by atoms with Gasteiger partial charge in [0.2, 0.25) is 0 Å². The van der Waals surface area contributed by atoms with Crippen LogP contribution < -0.4 is 10.1 Å². The maximum Gasteiger partial charge on any atom is 0.411 e. The van der Waals surface area contributed by atoms with Crippen molar-refractivity contribution in [3.63, 3.8) is 0 Å². The number of carbonyl (C=O) groups excluding carboxylic acids is 2. The van der Waals surface area contributed by atoms with E-state index in [1.165, 1.54) is 0 Å². The summed E-state index contributed by atoms with van der Waals surface area (Å²) in [5.74, 6) is 0.0509. The molecular formula is C21H22N2O5. The lowest BCUT2D eigenvalue weighted by Crippen LogP contribution is -2.16. The second-order valence-corrected chi connectivity index (χ2v) is 5.92. The van der Waals surface area contributed by atoms with E-state index in [-0.39, 0.29) is 18.9 Å². The van der Waals surface area contributed by atoms with Gasteiger partial charge in [0.1, 0.15) is 18.1 Å². The summed E-state index contributed by atoms with van der Waals surface area (Å²) in [6.07, 6.45) is -0.649. The van der Waals surface area contributed by atoms with E-state index in [2.05, 4.69) is 10.3 Å². The monoisotopic (exact) mass is 382 g/mol. The zero-order valence-corrected chi connectivity index (χ0v) is 15.8. The number of benzene rings is 2. The van der Waals surface area contributed by atoms with Gasteiger partial charge >= 0.3 is 12.1 Å². The molecule has 28 heavy (non-hydrogen) atoms. The van der Waals surface area contributed by atoms with Crippen LogP contribution in [0.15, 0.2) is 48.5 Å². The van der Waals surface area contributed by atoms with E-state index >= 15 is 0 Å². The molecule has 1 amide bonds. The van der Waals surface area contributed by atoms with Crippen LogP contribution in [0.3, 0.4) is 0 Å². The summed E-state index contributed by atoms with van der Waals surface area (Å²) in [5.41, 5.74) is 2.16. The summed E-state index contributed by atoms with van der Waals surface area (Å²) in [6.45, 7) is 4.26. The van der Waals surface area contributed by atoms with Crippen LogP contribution in [0, 0.1) is 0 Å². The minimum Gasteiger partial charge on any atom is -0.489 e. The zero-order chi connectivity index (χ0) is 19.9. The van der Waals surface area contributed by atoms with Crippen molar-refractivity contribution < 1.29 is 23.8 Å². The molecule has 0 saturated heterocycles. The molecule has 3 aromatic rings. The molecule has 0 aliphatic heterocycles. The molecule has 1 aromatic heterocycles. The first-order valence-corrected chi connectivity index (χ1v) is 9.05. The molecule has 7 heteroatoms. The van der Waals surface area contributed by atoms with Crippen molar-refractivity contribution in [1.82, 2.24) is 4.98 Å². The summed E-state index contributed by atoms with van der Waals surface area (Å²) in [6, 6.07) is 15.1. The third-order valence-corrected chi connectivity index (χ3v) is 4.00. The summed E-state index contributed by atoms with van der Waals surface area (Å²) >= 11 is 0. The van der Waals surface area contributed by atoms with Crippen LogP contribution in [0.2, 0.25) is 0 Å². The lowest BCUT2D eigenvalue weighted by molar-refractivity contribution is 0.0522. The minimum atomic E-state index is -0.649. The molecule has 2 aromatic carbocycles. The van der Waals surface area contributed by atoms with Crippen LogP contribution >= 0.6 is 0 Å². The van der Waals surface area contributed by atoms with Crippen LogP contribution in [-0.4, -0.2) is 30.3 Å². The Kier molecular flexibility index (Phi) is 6.16. The molecule has 0 aliphatic rings. The topological polar surface area (TPSA) is 89.6 Å².